The second-order valence-electron chi connectivity index (χ2n) is 3.90. The van der Waals surface area contributed by atoms with Crippen molar-refractivity contribution in [3.63, 3.8) is 0 Å². The van der Waals surface area contributed by atoms with Gasteiger partial charge in [-0.05, 0) is 31.0 Å². The highest BCUT2D eigenvalue weighted by Gasteiger charge is 2.41. The van der Waals surface area contributed by atoms with E-state index in [-0.39, 0.29) is 6.07 Å². The molecule has 0 amide bonds. The fraction of sp³-hybridized carbons (Fsp3) is 0.364. The van der Waals surface area contributed by atoms with Gasteiger partial charge in [0.2, 0.25) is 0 Å². The average molecular weight is 286 g/mol. The molecule has 106 valence electrons. The molecule has 0 aromatic heterocycles. The minimum absolute atomic E-state index is 0.0584. The summed E-state index contributed by atoms with van der Waals surface area (Å²) in [5, 5.41) is 8.79. The van der Waals surface area contributed by atoms with Gasteiger partial charge >= 0.3 is 18.3 Å². The molecule has 1 N–H and O–H groups in total. The highest BCUT2D eigenvalue weighted by molar-refractivity contribution is 5.92. The van der Waals surface area contributed by atoms with E-state index in [0.29, 0.717) is 0 Å². The Labute approximate surface area is 103 Å². The molecule has 0 heterocycles. The maximum Gasteiger partial charge on any atom is 0.416 e. The fourth-order valence-corrected chi connectivity index (χ4v) is 1.82. The van der Waals surface area contributed by atoms with Crippen LogP contribution in [0.5, 0.6) is 0 Å². The second kappa shape index (κ2) is 4.43. The van der Waals surface area contributed by atoms with Crippen molar-refractivity contribution in [1.29, 1.82) is 0 Å². The van der Waals surface area contributed by atoms with Crippen LogP contribution in [-0.4, -0.2) is 11.1 Å². The van der Waals surface area contributed by atoms with Crippen LogP contribution in [0.1, 0.15) is 32.6 Å². The number of rotatable bonds is 1. The largest absolute Gasteiger partial charge is 0.478 e. The molecule has 0 spiro atoms. The zero-order valence-electron chi connectivity index (χ0n) is 9.70. The molecule has 0 aliphatic heterocycles. The zero-order valence-corrected chi connectivity index (χ0v) is 9.70. The van der Waals surface area contributed by atoms with Gasteiger partial charge in [0.25, 0.3) is 0 Å². The summed E-state index contributed by atoms with van der Waals surface area (Å²) in [6.07, 6.45) is -10.1. The van der Waals surface area contributed by atoms with Crippen molar-refractivity contribution in [2.75, 3.05) is 0 Å². The normalized spacial score (nSPS) is 12.6. The van der Waals surface area contributed by atoms with Crippen molar-refractivity contribution >= 4 is 5.97 Å². The number of carboxylic acid groups (broad SMARTS) is 1. The van der Waals surface area contributed by atoms with E-state index in [1.807, 2.05) is 0 Å². The molecule has 0 atom stereocenters. The van der Waals surface area contributed by atoms with Crippen LogP contribution in [-0.2, 0) is 12.4 Å². The van der Waals surface area contributed by atoms with Crippen molar-refractivity contribution in [3.05, 3.63) is 33.9 Å². The van der Waals surface area contributed by atoms with Crippen LogP contribution >= 0.6 is 0 Å². The maximum absolute atomic E-state index is 12.6. The molecular formula is C11H8F6O2. The van der Waals surface area contributed by atoms with Gasteiger partial charge in [0, 0.05) is 0 Å². The van der Waals surface area contributed by atoms with Gasteiger partial charge in [-0.1, -0.05) is 0 Å². The van der Waals surface area contributed by atoms with Gasteiger partial charge in [-0.25, -0.2) is 4.79 Å². The molecule has 8 heteroatoms. The minimum Gasteiger partial charge on any atom is -0.478 e. The Morgan fingerprint density at radius 1 is 0.947 bits per heavy atom. The quantitative estimate of drug-likeness (QED) is 0.791. The van der Waals surface area contributed by atoms with Crippen LogP contribution in [0.2, 0.25) is 0 Å². The van der Waals surface area contributed by atoms with Crippen molar-refractivity contribution in [1.82, 2.24) is 0 Å². The van der Waals surface area contributed by atoms with Crippen LogP contribution in [0, 0.1) is 13.8 Å². The Morgan fingerprint density at radius 2 is 1.26 bits per heavy atom. The van der Waals surface area contributed by atoms with E-state index >= 15 is 0 Å². The number of carbonyl (C=O) groups is 1. The molecule has 1 aromatic carbocycles. The molecule has 0 aliphatic rings. The van der Waals surface area contributed by atoms with Crippen molar-refractivity contribution in [2.45, 2.75) is 26.2 Å². The van der Waals surface area contributed by atoms with Crippen LogP contribution < -0.4 is 0 Å². The van der Waals surface area contributed by atoms with Gasteiger partial charge in [0.15, 0.2) is 0 Å². The molecule has 0 saturated carbocycles. The van der Waals surface area contributed by atoms with Crippen molar-refractivity contribution < 1.29 is 36.2 Å². The van der Waals surface area contributed by atoms with E-state index in [1.165, 1.54) is 0 Å². The van der Waals surface area contributed by atoms with Gasteiger partial charge in [-0.3, -0.25) is 0 Å². The molecular weight excluding hydrogens is 278 g/mol. The first-order valence-corrected chi connectivity index (χ1v) is 4.89. The lowest BCUT2D eigenvalue weighted by atomic mass is 9.92. The Balaban J connectivity index is 3.81. The van der Waals surface area contributed by atoms with Crippen molar-refractivity contribution in [3.8, 4) is 0 Å². The molecule has 0 unspecified atom stereocenters. The van der Waals surface area contributed by atoms with Gasteiger partial charge in [-0.15, -0.1) is 0 Å². The van der Waals surface area contributed by atoms with Crippen LogP contribution in [0.4, 0.5) is 26.3 Å². The number of carboxylic acids is 1. The SMILES string of the molecule is Cc1c(C(F)(F)F)cc(C(F)(F)F)c(C)c1C(=O)O. The van der Waals surface area contributed by atoms with Gasteiger partial charge in [-0.2, -0.15) is 26.3 Å². The number of hydrogen-bond donors (Lipinski definition) is 1. The summed E-state index contributed by atoms with van der Waals surface area (Å²) < 4.78 is 75.8. The number of alkyl halides is 6. The van der Waals surface area contributed by atoms with E-state index in [1.54, 1.807) is 0 Å². The molecule has 0 radical (unpaired) electrons. The molecule has 0 fully saturated rings. The molecule has 1 aromatic rings. The van der Waals surface area contributed by atoms with Crippen LogP contribution in [0.25, 0.3) is 0 Å². The molecule has 0 aliphatic carbocycles. The third-order valence-electron chi connectivity index (χ3n) is 2.67. The molecule has 2 nitrogen and oxygen atoms in total. The summed E-state index contributed by atoms with van der Waals surface area (Å²) in [6.45, 7) is 1.67. The van der Waals surface area contributed by atoms with Crippen molar-refractivity contribution in [2.24, 2.45) is 0 Å². The highest BCUT2D eigenvalue weighted by Crippen LogP contribution is 2.40. The average Bonchev–Trinajstić information content (AvgIpc) is 2.12. The molecule has 1 rings (SSSR count). The second-order valence-corrected chi connectivity index (χ2v) is 3.90. The molecule has 0 bridgehead atoms. The Bertz CT molecular complexity index is 489. The summed E-state index contributed by atoms with van der Waals surface area (Å²) in [5.41, 5.74) is -5.62. The monoisotopic (exact) mass is 286 g/mol. The highest BCUT2D eigenvalue weighted by atomic mass is 19.4. The topological polar surface area (TPSA) is 37.3 Å². The summed E-state index contributed by atoms with van der Waals surface area (Å²) in [6, 6.07) is -0.0584. The summed E-state index contributed by atoms with van der Waals surface area (Å²) in [4.78, 5) is 10.9. The summed E-state index contributed by atoms with van der Waals surface area (Å²) >= 11 is 0. The lowest BCUT2D eigenvalue weighted by Crippen LogP contribution is -2.18. The van der Waals surface area contributed by atoms with E-state index in [0.717, 1.165) is 13.8 Å². The number of halogens is 6. The fourth-order valence-electron chi connectivity index (χ4n) is 1.82. The van der Waals surface area contributed by atoms with Gasteiger partial charge in [0.05, 0.1) is 16.7 Å². The smallest absolute Gasteiger partial charge is 0.416 e. The Kier molecular flexibility index (Phi) is 3.57. The van der Waals surface area contributed by atoms with Crippen LogP contribution in [0.15, 0.2) is 6.07 Å². The van der Waals surface area contributed by atoms with E-state index in [9.17, 15) is 31.1 Å². The summed E-state index contributed by atoms with van der Waals surface area (Å²) in [5.74, 6) is -1.83. The van der Waals surface area contributed by atoms with Gasteiger partial charge in [0.1, 0.15) is 0 Å². The molecule has 19 heavy (non-hydrogen) atoms. The number of benzene rings is 1. The lowest BCUT2D eigenvalue weighted by molar-refractivity contribution is -0.143. The predicted molar refractivity (Wildman–Crippen MR) is 52.9 cm³/mol. The van der Waals surface area contributed by atoms with E-state index in [4.69, 9.17) is 5.11 Å². The first-order valence-electron chi connectivity index (χ1n) is 4.89. The third-order valence-corrected chi connectivity index (χ3v) is 2.67. The standard InChI is InChI=1S/C11H8F6O2/c1-4-6(10(12,13)14)3-7(11(15,16)17)5(2)8(4)9(18)19/h3H,1-2H3,(H,18,19). The van der Waals surface area contributed by atoms with E-state index < -0.39 is 46.1 Å². The predicted octanol–water partition coefficient (Wildman–Crippen LogP) is 4.04. The maximum atomic E-state index is 12.6. The Hall–Kier alpha value is -1.73. The third kappa shape index (κ3) is 2.82. The first-order chi connectivity index (χ1) is 8.37. The number of hydrogen-bond acceptors (Lipinski definition) is 1. The molecule has 0 saturated heterocycles. The van der Waals surface area contributed by atoms with E-state index in [2.05, 4.69) is 0 Å². The Morgan fingerprint density at radius 3 is 1.47 bits per heavy atom. The van der Waals surface area contributed by atoms with Gasteiger partial charge < -0.3 is 5.11 Å². The minimum atomic E-state index is -5.05. The first kappa shape index (κ1) is 15.3. The summed E-state index contributed by atoms with van der Waals surface area (Å²) in [7, 11) is 0. The van der Waals surface area contributed by atoms with Crippen LogP contribution in [0.3, 0.4) is 0 Å². The lowest BCUT2D eigenvalue weighted by Gasteiger charge is -2.19. The zero-order chi connectivity index (χ0) is 15.2. The number of aromatic carboxylic acids is 1.